The number of hydrogen-bond acceptors (Lipinski definition) is 3. The average Bonchev–Trinajstić information content (AvgIpc) is 2.47. The van der Waals surface area contributed by atoms with Gasteiger partial charge in [-0.1, -0.05) is 41.9 Å². The molecule has 2 rings (SSSR count). The van der Waals surface area contributed by atoms with Crippen molar-refractivity contribution in [2.45, 2.75) is 5.25 Å². The highest BCUT2D eigenvalue weighted by atomic mass is 35.5. The molecule has 0 bridgehead atoms. The Morgan fingerprint density at radius 2 is 1.74 bits per heavy atom. The normalized spacial score (nSPS) is 13.3. The van der Waals surface area contributed by atoms with Crippen LogP contribution < -0.4 is 0 Å². The summed E-state index contributed by atoms with van der Waals surface area (Å²) in [6, 6.07) is 17.6. The molecule has 1 unspecified atom stereocenters. The minimum atomic E-state index is -0.00752. The maximum Gasteiger partial charge on any atom is 0.0908 e. The maximum atomic E-state index is 5.87. The molecule has 0 amide bonds. The minimum Gasteiger partial charge on any atom is -0.245 e. The zero-order valence-electron chi connectivity index (χ0n) is 10.5. The third kappa shape index (κ3) is 4.03. The summed E-state index contributed by atoms with van der Waals surface area (Å²) in [6.45, 7) is 0. The van der Waals surface area contributed by atoms with Crippen LogP contribution in [0, 0.1) is 0 Å². The Labute approximate surface area is 128 Å². The molecule has 0 aliphatic heterocycles. The number of hydrogen-bond donors (Lipinski definition) is 1. The van der Waals surface area contributed by atoms with E-state index in [2.05, 4.69) is 29.8 Å². The highest BCUT2D eigenvalue weighted by Gasteiger charge is 2.12. The van der Waals surface area contributed by atoms with Crippen LogP contribution in [-0.2, 0) is 0 Å². The first-order valence-corrected chi connectivity index (χ1v) is 7.94. The summed E-state index contributed by atoms with van der Waals surface area (Å²) in [7, 11) is 0. The maximum absolute atomic E-state index is 5.87. The van der Waals surface area contributed by atoms with Gasteiger partial charge in [-0.2, -0.15) is 12.6 Å². The molecule has 2 aromatic rings. The zero-order chi connectivity index (χ0) is 13.7. The molecule has 0 heterocycles. The van der Waals surface area contributed by atoms with E-state index in [0.29, 0.717) is 0 Å². The molecule has 0 aromatic heterocycles. The van der Waals surface area contributed by atoms with Crippen molar-refractivity contribution in [3.05, 3.63) is 65.2 Å². The zero-order valence-corrected chi connectivity index (χ0v) is 12.9. The molecule has 2 aromatic carbocycles. The van der Waals surface area contributed by atoms with Crippen LogP contribution in [0.15, 0.2) is 59.6 Å². The third-order valence-corrected chi connectivity index (χ3v) is 4.34. The largest absolute Gasteiger partial charge is 0.245 e. The van der Waals surface area contributed by atoms with E-state index in [4.69, 9.17) is 11.6 Å². The molecule has 0 saturated carbocycles. The Bertz CT molecular complexity index is 552. The van der Waals surface area contributed by atoms with E-state index in [9.17, 15) is 0 Å². The summed E-state index contributed by atoms with van der Waals surface area (Å²) in [5.41, 5.74) is 2.04. The van der Waals surface area contributed by atoms with Gasteiger partial charge in [-0.3, -0.25) is 0 Å². The number of aliphatic imine (C=N–C) groups is 1. The summed E-state index contributed by atoms with van der Waals surface area (Å²) < 4.78 is 0. The van der Waals surface area contributed by atoms with E-state index in [-0.39, 0.29) is 5.25 Å². The van der Waals surface area contributed by atoms with Crippen molar-refractivity contribution in [3.63, 3.8) is 0 Å². The number of thiol groups is 1. The molecule has 4 heteroatoms. The van der Waals surface area contributed by atoms with Crippen LogP contribution in [0.4, 0.5) is 5.69 Å². The monoisotopic (exact) mass is 307 g/mol. The molecule has 1 nitrogen and oxygen atoms in total. The molecule has 0 N–H and O–H groups in total. The number of thioether (sulfide) groups is 1. The summed E-state index contributed by atoms with van der Waals surface area (Å²) in [5, 5.41) is 1.68. The topological polar surface area (TPSA) is 12.4 Å². The predicted molar refractivity (Wildman–Crippen MR) is 90.2 cm³/mol. The van der Waals surface area contributed by atoms with Crippen LogP contribution in [0.3, 0.4) is 0 Å². The van der Waals surface area contributed by atoms with Gasteiger partial charge in [0.25, 0.3) is 0 Å². The first-order valence-electron chi connectivity index (χ1n) is 5.82. The van der Waals surface area contributed by atoms with Crippen LogP contribution in [-0.4, -0.2) is 11.3 Å². The number of benzene rings is 2. The van der Waals surface area contributed by atoms with Gasteiger partial charge in [0, 0.05) is 5.02 Å². The van der Waals surface area contributed by atoms with Crippen molar-refractivity contribution < 1.29 is 0 Å². The summed E-state index contributed by atoms with van der Waals surface area (Å²) >= 11 is 12.2. The Kier molecular flexibility index (Phi) is 5.37. The lowest BCUT2D eigenvalue weighted by atomic mass is 10.1. The van der Waals surface area contributed by atoms with Crippen LogP contribution in [0.1, 0.15) is 10.8 Å². The van der Waals surface area contributed by atoms with Crippen molar-refractivity contribution >= 4 is 46.7 Å². The van der Waals surface area contributed by atoms with Gasteiger partial charge in [0.2, 0.25) is 0 Å². The summed E-state index contributed by atoms with van der Waals surface area (Å²) in [4.78, 5) is 4.64. The van der Waals surface area contributed by atoms with E-state index in [1.807, 2.05) is 48.7 Å². The predicted octanol–water partition coefficient (Wildman–Crippen LogP) is 5.40. The first-order chi connectivity index (χ1) is 9.20. The molecule has 98 valence electrons. The number of halogens is 1. The first kappa shape index (κ1) is 14.5. The highest BCUT2D eigenvalue weighted by Crippen LogP contribution is 2.29. The van der Waals surface area contributed by atoms with Gasteiger partial charge in [-0.25, -0.2) is 4.99 Å². The van der Waals surface area contributed by atoms with E-state index in [1.165, 1.54) is 0 Å². The molecule has 0 aliphatic rings. The van der Waals surface area contributed by atoms with Gasteiger partial charge in [0.15, 0.2) is 0 Å². The third-order valence-electron chi connectivity index (χ3n) is 2.62. The average molecular weight is 308 g/mol. The van der Waals surface area contributed by atoms with Crippen molar-refractivity contribution in [2.24, 2.45) is 4.99 Å². The summed E-state index contributed by atoms with van der Waals surface area (Å²) in [6.07, 6.45) is 2.01. The lowest BCUT2D eigenvalue weighted by molar-refractivity contribution is 1.31. The second-order valence-electron chi connectivity index (χ2n) is 3.94. The molecular weight excluding hydrogens is 294 g/mol. The van der Waals surface area contributed by atoms with Gasteiger partial charge in [-0.05, 0) is 36.1 Å². The molecule has 0 fully saturated rings. The fourth-order valence-corrected chi connectivity index (χ4v) is 2.87. The van der Waals surface area contributed by atoms with Gasteiger partial charge in [-0.15, -0.1) is 11.8 Å². The molecule has 1 atom stereocenters. The Balaban J connectivity index is 2.26. The van der Waals surface area contributed by atoms with Crippen molar-refractivity contribution in [3.8, 4) is 0 Å². The second-order valence-corrected chi connectivity index (χ2v) is 5.72. The van der Waals surface area contributed by atoms with E-state index in [1.54, 1.807) is 11.8 Å². The van der Waals surface area contributed by atoms with Crippen LogP contribution >= 0.6 is 36.0 Å². The standard InChI is InChI=1S/C15H14ClNS2/c1-19-15(14(18)11-5-3-2-4-6-11)17-13-9-7-12(16)8-10-13/h2-10,14,18H,1H3. The van der Waals surface area contributed by atoms with Crippen molar-refractivity contribution in [1.82, 2.24) is 0 Å². The van der Waals surface area contributed by atoms with Crippen molar-refractivity contribution in [2.75, 3.05) is 6.26 Å². The van der Waals surface area contributed by atoms with Crippen LogP contribution in [0.2, 0.25) is 5.02 Å². The molecule has 0 saturated heterocycles. The fraction of sp³-hybridized carbons (Fsp3) is 0.133. The Hall–Kier alpha value is -0.900. The lowest BCUT2D eigenvalue weighted by Gasteiger charge is -2.12. The SMILES string of the molecule is CSC(=Nc1ccc(Cl)cc1)C(S)c1ccccc1. The molecule has 0 radical (unpaired) electrons. The Morgan fingerprint density at radius 1 is 1.11 bits per heavy atom. The van der Waals surface area contributed by atoms with E-state index in [0.717, 1.165) is 21.3 Å². The molecule has 0 aliphatic carbocycles. The molecule has 0 spiro atoms. The number of rotatable bonds is 3. The number of nitrogens with zero attached hydrogens (tertiary/aromatic N) is 1. The van der Waals surface area contributed by atoms with Crippen molar-refractivity contribution in [1.29, 1.82) is 0 Å². The fourth-order valence-electron chi connectivity index (χ4n) is 1.64. The van der Waals surface area contributed by atoms with E-state index >= 15 is 0 Å². The van der Waals surface area contributed by atoms with Crippen LogP contribution in [0.5, 0.6) is 0 Å². The van der Waals surface area contributed by atoms with Gasteiger partial charge >= 0.3 is 0 Å². The smallest absolute Gasteiger partial charge is 0.0908 e. The second kappa shape index (κ2) is 7.04. The highest BCUT2D eigenvalue weighted by molar-refractivity contribution is 8.14. The van der Waals surface area contributed by atoms with E-state index < -0.39 is 0 Å². The minimum absolute atomic E-state index is 0.00752. The quantitative estimate of drug-likeness (QED) is 0.454. The van der Waals surface area contributed by atoms with Gasteiger partial charge in [0.1, 0.15) is 0 Å². The summed E-state index contributed by atoms with van der Waals surface area (Å²) in [5.74, 6) is 0. The molecular formula is C15H14ClNS2. The van der Waals surface area contributed by atoms with Gasteiger partial charge < -0.3 is 0 Å². The van der Waals surface area contributed by atoms with Gasteiger partial charge in [0.05, 0.1) is 16.0 Å². The molecule has 19 heavy (non-hydrogen) atoms. The lowest BCUT2D eigenvalue weighted by Crippen LogP contribution is -2.02. The van der Waals surface area contributed by atoms with Crippen LogP contribution in [0.25, 0.3) is 0 Å². The Morgan fingerprint density at radius 3 is 2.32 bits per heavy atom.